The fraction of sp³-hybridized carbons (Fsp3) is 0.929. The SMILES string of the molecule is C[C@@H]1CNC[C@H]1C(=O)N[C@H](C)C1CCCCC1. The highest BCUT2D eigenvalue weighted by Crippen LogP contribution is 2.26. The topological polar surface area (TPSA) is 41.1 Å². The Kier molecular flexibility index (Phi) is 4.43. The van der Waals surface area contributed by atoms with Crippen molar-refractivity contribution in [3.05, 3.63) is 0 Å². The zero-order valence-electron chi connectivity index (χ0n) is 11.2. The minimum absolute atomic E-state index is 0.182. The van der Waals surface area contributed by atoms with Gasteiger partial charge in [0.1, 0.15) is 0 Å². The molecule has 0 bridgehead atoms. The lowest BCUT2D eigenvalue weighted by Gasteiger charge is -2.29. The van der Waals surface area contributed by atoms with E-state index in [0.717, 1.165) is 13.1 Å². The van der Waals surface area contributed by atoms with Gasteiger partial charge in [0.05, 0.1) is 5.92 Å². The van der Waals surface area contributed by atoms with Gasteiger partial charge in [-0.15, -0.1) is 0 Å². The van der Waals surface area contributed by atoms with E-state index in [1.807, 2.05) is 0 Å². The number of amides is 1. The molecular weight excluding hydrogens is 212 g/mol. The van der Waals surface area contributed by atoms with Crippen molar-refractivity contribution in [1.29, 1.82) is 0 Å². The standard InChI is InChI=1S/C14H26N2O/c1-10-8-15-9-13(10)14(17)16-11(2)12-6-4-3-5-7-12/h10-13,15H,3-9H2,1-2H3,(H,16,17)/t10-,11-,13-/m1/s1. The first-order valence-electron chi connectivity index (χ1n) is 7.19. The van der Waals surface area contributed by atoms with E-state index in [0.29, 0.717) is 17.9 Å². The molecule has 0 aromatic rings. The van der Waals surface area contributed by atoms with E-state index >= 15 is 0 Å². The van der Waals surface area contributed by atoms with E-state index < -0.39 is 0 Å². The normalized spacial score (nSPS) is 32.4. The first kappa shape index (κ1) is 12.9. The Balaban J connectivity index is 1.80. The van der Waals surface area contributed by atoms with Crippen LogP contribution in [0.3, 0.4) is 0 Å². The van der Waals surface area contributed by atoms with Crippen molar-refractivity contribution in [2.24, 2.45) is 17.8 Å². The highest BCUT2D eigenvalue weighted by atomic mass is 16.2. The fourth-order valence-electron chi connectivity index (χ4n) is 3.24. The van der Waals surface area contributed by atoms with E-state index in [-0.39, 0.29) is 11.8 Å². The van der Waals surface area contributed by atoms with Crippen molar-refractivity contribution >= 4 is 5.91 Å². The zero-order chi connectivity index (χ0) is 12.3. The average Bonchev–Trinajstić information content (AvgIpc) is 2.76. The Labute approximate surface area is 105 Å². The van der Waals surface area contributed by atoms with Crippen molar-refractivity contribution in [2.45, 2.75) is 52.0 Å². The molecule has 1 aliphatic carbocycles. The summed E-state index contributed by atoms with van der Waals surface area (Å²) in [6.07, 6.45) is 6.64. The lowest BCUT2D eigenvalue weighted by molar-refractivity contribution is -0.126. The van der Waals surface area contributed by atoms with Crippen molar-refractivity contribution < 1.29 is 4.79 Å². The van der Waals surface area contributed by atoms with Crippen LogP contribution in [-0.2, 0) is 4.79 Å². The highest BCUT2D eigenvalue weighted by Gasteiger charge is 2.31. The van der Waals surface area contributed by atoms with E-state index in [1.165, 1.54) is 32.1 Å². The molecule has 1 saturated heterocycles. The third kappa shape index (κ3) is 3.21. The predicted molar refractivity (Wildman–Crippen MR) is 69.7 cm³/mol. The molecule has 1 aliphatic heterocycles. The molecule has 3 atom stereocenters. The number of nitrogens with one attached hydrogen (secondary N) is 2. The first-order chi connectivity index (χ1) is 8.18. The third-order valence-corrected chi connectivity index (χ3v) is 4.58. The average molecular weight is 238 g/mol. The fourth-order valence-corrected chi connectivity index (χ4v) is 3.24. The van der Waals surface area contributed by atoms with Crippen molar-refractivity contribution in [3.8, 4) is 0 Å². The molecule has 17 heavy (non-hydrogen) atoms. The minimum atomic E-state index is 0.182. The van der Waals surface area contributed by atoms with Crippen LogP contribution >= 0.6 is 0 Å². The van der Waals surface area contributed by atoms with Gasteiger partial charge < -0.3 is 10.6 Å². The van der Waals surface area contributed by atoms with Crippen LogP contribution in [0.15, 0.2) is 0 Å². The molecule has 1 saturated carbocycles. The lowest BCUT2D eigenvalue weighted by atomic mass is 9.84. The van der Waals surface area contributed by atoms with Crippen LogP contribution in [-0.4, -0.2) is 25.0 Å². The van der Waals surface area contributed by atoms with Gasteiger partial charge in [-0.2, -0.15) is 0 Å². The van der Waals surface area contributed by atoms with Gasteiger partial charge in [-0.1, -0.05) is 26.2 Å². The lowest BCUT2D eigenvalue weighted by Crippen LogP contribution is -2.43. The van der Waals surface area contributed by atoms with Crippen LogP contribution in [0.5, 0.6) is 0 Å². The van der Waals surface area contributed by atoms with E-state index in [2.05, 4.69) is 24.5 Å². The predicted octanol–water partition coefficient (Wildman–Crippen LogP) is 1.93. The maximum absolute atomic E-state index is 12.2. The van der Waals surface area contributed by atoms with Crippen LogP contribution in [0, 0.1) is 17.8 Å². The van der Waals surface area contributed by atoms with Gasteiger partial charge in [-0.25, -0.2) is 0 Å². The summed E-state index contributed by atoms with van der Waals surface area (Å²) in [6.45, 7) is 6.18. The van der Waals surface area contributed by atoms with Crippen LogP contribution in [0.2, 0.25) is 0 Å². The van der Waals surface area contributed by atoms with Crippen LogP contribution in [0.1, 0.15) is 46.0 Å². The molecule has 2 N–H and O–H groups in total. The maximum Gasteiger partial charge on any atom is 0.224 e. The Hall–Kier alpha value is -0.570. The highest BCUT2D eigenvalue weighted by molar-refractivity contribution is 5.79. The Bertz CT molecular complexity index is 261. The van der Waals surface area contributed by atoms with E-state index in [9.17, 15) is 4.79 Å². The Morgan fingerprint density at radius 2 is 1.94 bits per heavy atom. The molecule has 2 rings (SSSR count). The van der Waals surface area contributed by atoms with E-state index in [1.54, 1.807) is 0 Å². The third-order valence-electron chi connectivity index (χ3n) is 4.58. The van der Waals surface area contributed by atoms with Crippen LogP contribution < -0.4 is 10.6 Å². The molecule has 3 heteroatoms. The molecule has 1 heterocycles. The van der Waals surface area contributed by atoms with E-state index in [4.69, 9.17) is 0 Å². The number of hydrogen-bond acceptors (Lipinski definition) is 2. The van der Waals surface area contributed by atoms with Gasteiger partial charge in [0.15, 0.2) is 0 Å². The molecule has 0 aromatic heterocycles. The molecule has 2 aliphatic rings. The summed E-state index contributed by atoms with van der Waals surface area (Å²) < 4.78 is 0. The van der Waals surface area contributed by atoms with Crippen molar-refractivity contribution in [1.82, 2.24) is 10.6 Å². The summed E-state index contributed by atoms with van der Waals surface area (Å²) in [4.78, 5) is 12.2. The monoisotopic (exact) mass is 238 g/mol. The summed E-state index contributed by atoms with van der Waals surface area (Å²) in [6, 6.07) is 0.357. The summed E-state index contributed by atoms with van der Waals surface area (Å²) in [5, 5.41) is 6.54. The van der Waals surface area contributed by atoms with Gasteiger partial charge in [0, 0.05) is 12.6 Å². The second-order valence-corrected chi connectivity index (χ2v) is 5.94. The maximum atomic E-state index is 12.2. The molecule has 0 radical (unpaired) electrons. The summed E-state index contributed by atoms with van der Waals surface area (Å²) in [7, 11) is 0. The first-order valence-corrected chi connectivity index (χ1v) is 7.19. The van der Waals surface area contributed by atoms with Crippen molar-refractivity contribution in [3.63, 3.8) is 0 Å². The zero-order valence-corrected chi connectivity index (χ0v) is 11.2. The smallest absolute Gasteiger partial charge is 0.224 e. The second kappa shape index (κ2) is 5.85. The minimum Gasteiger partial charge on any atom is -0.353 e. The Morgan fingerprint density at radius 3 is 2.53 bits per heavy atom. The molecule has 0 spiro atoms. The van der Waals surface area contributed by atoms with Crippen molar-refractivity contribution in [2.75, 3.05) is 13.1 Å². The van der Waals surface area contributed by atoms with Crippen LogP contribution in [0.4, 0.5) is 0 Å². The van der Waals surface area contributed by atoms with Gasteiger partial charge >= 0.3 is 0 Å². The largest absolute Gasteiger partial charge is 0.353 e. The molecule has 0 unspecified atom stereocenters. The number of rotatable bonds is 3. The molecule has 3 nitrogen and oxygen atoms in total. The second-order valence-electron chi connectivity index (χ2n) is 5.94. The summed E-state index contributed by atoms with van der Waals surface area (Å²) >= 11 is 0. The van der Waals surface area contributed by atoms with Gasteiger partial charge in [0.25, 0.3) is 0 Å². The van der Waals surface area contributed by atoms with Gasteiger partial charge in [0.2, 0.25) is 5.91 Å². The number of hydrogen-bond donors (Lipinski definition) is 2. The molecule has 0 aromatic carbocycles. The quantitative estimate of drug-likeness (QED) is 0.789. The summed E-state index contributed by atoms with van der Waals surface area (Å²) in [5.74, 6) is 1.63. The Morgan fingerprint density at radius 1 is 1.24 bits per heavy atom. The number of carbonyl (C=O) groups is 1. The van der Waals surface area contributed by atoms with Gasteiger partial charge in [-0.3, -0.25) is 4.79 Å². The summed E-state index contributed by atoms with van der Waals surface area (Å²) in [5.41, 5.74) is 0. The van der Waals surface area contributed by atoms with Gasteiger partial charge in [-0.05, 0) is 38.1 Å². The molecule has 98 valence electrons. The van der Waals surface area contributed by atoms with Crippen LogP contribution in [0.25, 0.3) is 0 Å². The molecule has 1 amide bonds. The molecular formula is C14H26N2O. The molecule has 2 fully saturated rings. The number of carbonyl (C=O) groups excluding carboxylic acids is 1.